The first-order valence-electron chi connectivity index (χ1n) is 7.17. The Morgan fingerprint density at radius 2 is 1.24 bits per heavy atom. The molecular formula is C20H18O. The maximum absolute atomic E-state index is 6.27. The van der Waals surface area contributed by atoms with Crippen LogP contribution in [0.1, 0.15) is 22.8 Å². The Labute approximate surface area is 125 Å². The second kappa shape index (κ2) is 6.27. The summed E-state index contributed by atoms with van der Waals surface area (Å²) in [6, 6.07) is 28.7. The molecule has 0 heterocycles. The fourth-order valence-corrected chi connectivity index (χ4v) is 2.46. The van der Waals surface area contributed by atoms with Crippen molar-refractivity contribution in [2.24, 2.45) is 0 Å². The molecule has 3 aromatic carbocycles. The molecular weight excluding hydrogens is 256 g/mol. The largest absolute Gasteiger partial charge is 0.481 e. The van der Waals surface area contributed by atoms with Crippen molar-refractivity contribution in [3.63, 3.8) is 0 Å². The van der Waals surface area contributed by atoms with Crippen LogP contribution in [0.15, 0.2) is 84.9 Å². The topological polar surface area (TPSA) is 9.23 Å². The van der Waals surface area contributed by atoms with Gasteiger partial charge in [-0.3, -0.25) is 0 Å². The Bertz CT molecular complexity index is 689. The zero-order chi connectivity index (χ0) is 14.5. The van der Waals surface area contributed by atoms with Crippen molar-refractivity contribution in [3.05, 3.63) is 102 Å². The van der Waals surface area contributed by atoms with Crippen molar-refractivity contribution in [2.45, 2.75) is 13.0 Å². The maximum atomic E-state index is 6.27. The minimum Gasteiger partial charge on any atom is -0.481 e. The Morgan fingerprint density at radius 1 is 0.667 bits per heavy atom. The van der Waals surface area contributed by atoms with Gasteiger partial charge >= 0.3 is 0 Å². The van der Waals surface area contributed by atoms with Gasteiger partial charge in [0.1, 0.15) is 11.9 Å². The minimum absolute atomic E-state index is 0.0881. The number of ether oxygens (including phenoxy) is 1. The third kappa shape index (κ3) is 3.14. The SMILES string of the molecule is Cc1ccccc1C(Oc1ccccc1)c1ccccc1. The summed E-state index contributed by atoms with van der Waals surface area (Å²) in [5.41, 5.74) is 3.60. The molecule has 1 unspecified atom stereocenters. The van der Waals surface area contributed by atoms with Gasteiger partial charge in [0.2, 0.25) is 0 Å². The van der Waals surface area contributed by atoms with E-state index >= 15 is 0 Å². The summed E-state index contributed by atoms with van der Waals surface area (Å²) >= 11 is 0. The van der Waals surface area contributed by atoms with Crippen LogP contribution in [0.3, 0.4) is 0 Å². The molecule has 0 aliphatic carbocycles. The van der Waals surface area contributed by atoms with Crippen LogP contribution in [-0.4, -0.2) is 0 Å². The van der Waals surface area contributed by atoms with Crippen molar-refractivity contribution in [1.29, 1.82) is 0 Å². The first kappa shape index (κ1) is 13.4. The van der Waals surface area contributed by atoms with Gasteiger partial charge in [0, 0.05) is 0 Å². The Hall–Kier alpha value is -2.54. The van der Waals surface area contributed by atoms with Gasteiger partial charge in [-0.05, 0) is 35.7 Å². The van der Waals surface area contributed by atoms with E-state index in [1.807, 2.05) is 36.4 Å². The summed E-state index contributed by atoms with van der Waals surface area (Å²) in [5, 5.41) is 0. The van der Waals surface area contributed by atoms with Gasteiger partial charge in [-0.25, -0.2) is 0 Å². The van der Waals surface area contributed by atoms with Crippen molar-refractivity contribution >= 4 is 0 Å². The van der Waals surface area contributed by atoms with Crippen LogP contribution in [0.2, 0.25) is 0 Å². The molecule has 0 saturated heterocycles. The number of hydrogen-bond acceptors (Lipinski definition) is 1. The van der Waals surface area contributed by atoms with Gasteiger partial charge in [0.25, 0.3) is 0 Å². The fourth-order valence-electron chi connectivity index (χ4n) is 2.46. The standard InChI is InChI=1S/C20H18O/c1-16-10-8-9-15-19(16)20(17-11-4-2-5-12-17)21-18-13-6-3-7-14-18/h2-15,20H,1H3. The fraction of sp³-hybridized carbons (Fsp3) is 0.100. The van der Waals surface area contributed by atoms with E-state index in [0.717, 1.165) is 11.3 Å². The van der Waals surface area contributed by atoms with E-state index in [2.05, 4.69) is 55.5 Å². The van der Waals surface area contributed by atoms with E-state index in [1.165, 1.54) is 11.1 Å². The van der Waals surface area contributed by atoms with Gasteiger partial charge < -0.3 is 4.74 Å². The molecule has 0 fully saturated rings. The first-order valence-corrected chi connectivity index (χ1v) is 7.17. The van der Waals surface area contributed by atoms with Gasteiger partial charge in [-0.15, -0.1) is 0 Å². The lowest BCUT2D eigenvalue weighted by atomic mass is 9.97. The predicted octanol–water partition coefficient (Wildman–Crippen LogP) is 5.16. The molecule has 0 aromatic heterocycles. The summed E-state index contributed by atoms with van der Waals surface area (Å²) in [5.74, 6) is 0.884. The summed E-state index contributed by atoms with van der Waals surface area (Å²) in [4.78, 5) is 0. The minimum atomic E-state index is -0.0881. The lowest BCUT2D eigenvalue weighted by molar-refractivity contribution is 0.246. The van der Waals surface area contributed by atoms with Crippen LogP contribution in [0.5, 0.6) is 5.75 Å². The Kier molecular flexibility index (Phi) is 4.02. The molecule has 3 rings (SSSR count). The van der Waals surface area contributed by atoms with E-state index < -0.39 is 0 Å². The zero-order valence-electron chi connectivity index (χ0n) is 12.1. The maximum Gasteiger partial charge on any atom is 0.149 e. The summed E-state index contributed by atoms with van der Waals surface area (Å²) in [6.45, 7) is 2.12. The number of rotatable bonds is 4. The normalized spacial score (nSPS) is 11.9. The predicted molar refractivity (Wildman–Crippen MR) is 86.5 cm³/mol. The molecule has 0 spiro atoms. The summed E-state index contributed by atoms with van der Waals surface area (Å²) in [7, 11) is 0. The molecule has 0 saturated carbocycles. The molecule has 0 aliphatic heterocycles. The lowest BCUT2D eigenvalue weighted by Crippen LogP contribution is -2.10. The molecule has 0 radical (unpaired) electrons. The Morgan fingerprint density at radius 3 is 1.90 bits per heavy atom. The first-order chi connectivity index (χ1) is 10.3. The molecule has 0 aliphatic rings. The average molecular weight is 274 g/mol. The number of aryl methyl sites for hydroxylation is 1. The van der Waals surface area contributed by atoms with Crippen molar-refractivity contribution in [1.82, 2.24) is 0 Å². The number of para-hydroxylation sites is 1. The van der Waals surface area contributed by atoms with E-state index in [9.17, 15) is 0 Å². The van der Waals surface area contributed by atoms with E-state index in [-0.39, 0.29) is 6.10 Å². The van der Waals surface area contributed by atoms with Gasteiger partial charge in [-0.2, -0.15) is 0 Å². The molecule has 1 heteroatoms. The van der Waals surface area contributed by atoms with Crippen LogP contribution in [0.4, 0.5) is 0 Å². The van der Waals surface area contributed by atoms with Crippen LogP contribution >= 0.6 is 0 Å². The zero-order valence-corrected chi connectivity index (χ0v) is 12.1. The van der Waals surface area contributed by atoms with Gasteiger partial charge in [-0.1, -0.05) is 72.8 Å². The van der Waals surface area contributed by atoms with Crippen molar-refractivity contribution in [2.75, 3.05) is 0 Å². The molecule has 104 valence electrons. The molecule has 0 N–H and O–H groups in total. The third-order valence-corrected chi connectivity index (χ3v) is 3.57. The third-order valence-electron chi connectivity index (χ3n) is 3.57. The van der Waals surface area contributed by atoms with Crippen molar-refractivity contribution in [3.8, 4) is 5.75 Å². The highest BCUT2D eigenvalue weighted by Gasteiger charge is 2.17. The van der Waals surface area contributed by atoms with Gasteiger partial charge in [0.05, 0.1) is 0 Å². The molecule has 21 heavy (non-hydrogen) atoms. The highest BCUT2D eigenvalue weighted by atomic mass is 16.5. The van der Waals surface area contributed by atoms with E-state index in [1.54, 1.807) is 0 Å². The smallest absolute Gasteiger partial charge is 0.149 e. The Balaban J connectivity index is 2.02. The second-order valence-electron chi connectivity index (χ2n) is 5.08. The molecule has 0 bridgehead atoms. The average Bonchev–Trinajstić information content (AvgIpc) is 2.55. The number of benzene rings is 3. The van der Waals surface area contributed by atoms with Crippen LogP contribution in [-0.2, 0) is 0 Å². The van der Waals surface area contributed by atoms with Crippen LogP contribution in [0.25, 0.3) is 0 Å². The molecule has 1 nitrogen and oxygen atoms in total. The number of hydrogen-bond donors (Lipinski definition) is 0. The van der Waals surface area contributed by atoms with Crippen LogP contribution < -0.4 is 4.74 Å². The summed E-state index contributed by atoms with van der Waals surface area (Å²) in [6.07, 6.45) is -0.0881. The van der Waals surface area contributed by atoms with Crippen molar-refractivity contribution < 1.29 is 4.74 Å². The second-order valence-corrected chi connectivity index (χ2v) is 5.08. The summed E-state index contributed by atoms with van der Waals surface area (Å²) < 4.78 is 6.27. The van der Waals surface area contributed by atoms with Gasteiger partial charge in [0.15, 0.2) is 0 Å². The van der Waals surface area contributed by atoms with Crippen LogP contribution in [0, 0.1) is 6.92 Å². The lowest BCUT2D eigenvalue weighted by Gasteiger charge is -2.21. The molecule has 1 atom stereocenters. The molecule has 3 aromatic rings. The van der Waals surface area contributed by atoms with E-state index in [0.29, 0.717) is 0 Å². The molecule has 0 amide bonds. The quantitative estimate of drug-likeness (QED) is 0.638. The monoisotopic (exact) mass is 274 g/mol. The van der Waals surface area contributed by atoms with E-state index in [4.69, 9.17) is 4.74 Å². The highest BCUT2D eigenvalue weighted by molar-refractivity contribution is 5.37. The highest BCUT2D eigenvalue weighted by Crippen LogP contribution is 2.30.